The van der Waals surface area contributed by atoms with Gasteiger partial charge in [0.25, 0.3) is 0 Å². The molecule has 0 spiro atoms. The highest BCUT2D eigenvalue weighted by molar-refractivity contribution is 8.07. The van der Waals surface area contributed by atoms with Crippen LogP contribution < -0.4 is 4.52 Å². The first-order valence-electron chi connectivity index (χ1n) is 5.93. The van der Waals surface area contributed by atoms with Crippen molar-refractivity contribution in [2.45, 2.75) is 40.2 Å². The highest BCUT2D eigenvalue weighted by atomic mass is 35.5. The van der Waals surface area contributed by atoms with Crippen molar-refractivity contribution >= 4 is 30.1 Å². The average Bonchev–Trinajstić information content (AvgIpc) is 2.59. The summed E-state index contributed by atoms with van der Waals surface area (Å²) in [6.45, 7) is 7.43. The van der Waals surface area contributed by atoms with E-state index in [0.29, 0.717) is 13.2 Å². The number of hydrogen-bond donors (Lipinski definition) is 0. The molecule has 9 heteroatoms. The van der Waals surface area contributed by atoms with E-state index in [9.17, 15) is 0 Å². The normalized spacial score (nSPS) is 12.7. The molecule has 0 saturated carbocycles. The minimum atomic E-state index is -2.86. The summed E-state index contributed by atoms with van der Waals surface area (Å²) in [5, 5.41) is 4.42. The Hall–Kier alpha value is -0.200. The Kier molecular flexibility index (Phi) is 5.77. The Balaban J connectivity index is 2.96. The molecule has 6 nitrogen and oxygen atoms in total. The van der Waals surface area contributed by atoms with E-state index in [4.69, 9.17) is 37.0 Å². The zero-order valence-corrected chi connectivity index (χ0v) is 14.2. The van der Waals surface area contributed by atoms with E-state index in [-0.39, 0.29) is 16.8 Å². The molecule has 0 fully saturated rings. The number of aromatic nitrogens is 3. The van der Waals surface area contributed by atoms with Crippen LogP contribution in [0.15, 0.2) is 0 Å². The third-order valence-electron chi connectivity index (χ3n) is 1.95. The number of nitrogens with zero attached hydrogens (tertiary/aromatic N) is 3. The first kappa shape index (κ1) is 16.9. The molecule has 0 radical (unpaired) electrons. The molecule has 0 atom stereocenters. The van der Waals surface area contributed by atoms with Gasteiger partial charge in [-0.2, -0.15) is 4.98 Å². The summed E-state index contributed by atoms with van der Waals surface area (Å²) >= 11 is 11.3. The third-order valence-corrected chi connectivity index (χ3v) is 4.59. The van der Waals surface area contributed by atoms with Crippen LogP contribution in [0.5, 0.6) is 6.01 Å². The van der Waals surface area contributed by atoms with Gasteiger partial charge >= 0.3 is 12.7 Å². The van der Waals surface area contributed by atoms with Gasteiger partial charge in [-0.25, -0.2) is 4.68 Å². The Bertz CT molecular complexity index is 465. The molecule has 0 unspecified atom stereocenters. The summed E-state index contributed by atoms with van der Waals surface area (Å²) < 4.78 is 17.8. The third kappa shape index (κ3) is 4.68. The van der Waals surface area contributed by atoms with Gasteiger partial charge in [-0.15, -0.1) is 5.10 Å². The molecule has 0 amide bonds. The number of halogens is 1. The van der Waals surface area contributed by atoms with E-state index in [1.165, 1.54) is 0 Å². The fourth-order valence-corrected chi connectivity index (χ4v) is 3.53. The Morgan fingerprint density at radius 2 is 1.79 bits per heavy atom. The lowest BCUT2D eigenvalue weighted by Crippen LogP contribution is -2.23. The smallest absolute Gasteiger partial charge is 0.382 e. The fourth-order valence-electron chi connectivity index (χ4n) is 1.25. The molecular weight excluding hydrogens is 309 g/mol. The largest absolute Gasteiger partial charge is 0.388 e. The zero-order chi connectivity index (χ0) is 14.7. The predicted octanol–water partition coefficient (Wildman–Crippen LogP) is 3.36. The molecule has 0 aliphatic carbocycles. The van der Waals surface area contributed by atoms with Crippen LogP contribution in [0.3, 0.4) is 0 Å². The lowest BCUT2D eigenvalue weighted by atomic mass is 10.1. The lowest BCUT2D eigenvalue weighted by Gasteiger charge is -2.20. The maximum Gasteiger partial charge on any atom is 0.382 e. The zero-order valence-electron chi connectivity index (χ0n) is 11.7. The molecule has 1 rings (SSSR count). The summed E-state index contributed by atoms with van der Waals surface area (Å²) in [7, 11) is 0. The summed E-state index contributed by atoms with van der Waals surface area (Å²) in [5.41, 5.74) is -0.300. The second kappa shape index (κ2) is 6.50. The molecule has 0 saturated heterocycles. The van der Waals surface area contributed by atoms with Crippen LogP contribution in [-0.2, 0) is 26.4 Å². The Labute approximate surface area is 123 Å². The first-order chi connectivity index (χ1) is 8.72. The molecule has 110 valence electrons. The Morgan fingerprint density at radius 3 is 2.16 bits per heavy atom. The van der Waals surface area contributed by atoms with Crippen molar-refractivity contribution in [3.05, 3.63) is 5.28 Å². The molecule has 0 aromatic carbocycles. The molecule has 19 heavy (non-hydrogen) atoms. The molecule has 1 aromatic rings. The van der Waals surface area contributed by atoms with Gasteiger partial charge in [0.1, 0.15) is 0 Å². The fraction of sp³-hybridized carbons (Fsp3) is 0.800. The average molecular weight is 328 g/mol. The minimum Gasteiger partial charge on any atom is -0.388 e. The van der Waals surface area contributed by atoms with Crippen LogP contribution in [0.25, 0.3) is 0 Å². The standard InChI is InChI=1S/C10H19ClN3O3PS/c1-6-15-18(19,16-7-2)17-9-12-8(11)14(13-9)10(3,4)5/h6-7H2,1-5H3. The highest BCUT2D eigenvalue weighted by Crippen LogP contribution is 2.49. The van der Waals surface area contributed by atoms with Gasteiger partial charge < -0.3 is 4.52 Å². The number of rotatable bonds is 6. The predicted molar refractivity (Wildman–Crippen MR) is 78.2 cm³/mol. The first-order valence-corrected chi connectivity index (χ1v) is 8.87. The second-order valence-electron chi connectivity index (χ2n) is 4.62. The summed E-state index contributed by atoms with van der Waals surface area (Å²) in [6.07, 6.45) is 0. The molecule has 1 heterocycles. The summed E-state index contributed by atoms with van der Waals surface area (Å²) in [6, 6.07) is 0.0742. The van der Waals surface area contributed by atoms with Crippen molar-refractivity contribution < 1.29 is 13.6 Å². The van der Waals surface area contributed by atoms with Crippen molar-refractivity contribution in [1.82, 2.24) is 14.8 Å². The summed E-state index contributed by atoms with van der Waals surface area (Å²) in [4.78, 5) is 4.02. The van der Waals surface area contributed by atoms with E-state index in [2.05, 4.69) is 10.1 Å². The van der Waals surface area contributed by atoms with Crippen molar-refractivity contribution in [2.24, 2.45) is 0 Å². The Morgan fingerprint density at radius 1 is 1.26 bits per heavy atom. The van der Waals surface area contributed by atoms with E-state index in [0.717, 1.165) is 0 Å². The van der Waals surface area contributed by atoms with Gasteiger partial charge in [-0.1, -0.05) is 0 Å². The lowest BCUT2D eigenvalue weighted by molar-refractivity contribution is 0.212. The van der Waals surface area contributed by atoms with Crippen LogP contribution in [-0.4, -0.2) is 28.0 Å². The summed E-state index contributed by atoms with van der Waals surface area (Å²) in [5.74, 6) is 0. The van der Waals surface area contributed by atoms with Crippen molar-refractivity contribution in [3.63, 3.8) is 0 Å². The molecule has 0 aliphatic heterocycles. The van der Waals surface area contributed by atoms with Gasteiger partial charge in [0.15, 0.2) is 0 Å². The van der Waals surface area contributed by atoms with E-state index < -0.39 is 6.72 Å². The molecule has 0 bridgehead atoms. The molecule has 0 N–H and O–H groups in total. The van der Waals surface area contributed by atoms with Crippen LogP contribution in [0.4, 0.5) is 0 Å². The molecule has 0 aliphatic rings. The maximum atomic E-state index is 6.02. The van der Waals surface area contributed by atoms with E-state index in [1.807, 2.05) is 34.6 Å². The topological polar surface area (TPSA) is 58.4 Å². The molecule has 1 aromatic heterocycles. The van der Waals surface area contributed by atoms with Gasteiger partial charge in [-0.3, -0.25) is 9.05 Å². The minimum absolute atomic E-state index is 0.0742. The quantitative estimate of drug-likeness (QED) is 0.747. The highest BCUT2D eigenvalue weighted by Gasteiger charge is 2.26. The maximum absolute atomic E-state index is 6.02. The van der Waals surface area contributed by atoms with Crippen molar-refractivity contribution in [2.75, 3.05) is 13.2 Å². The second-order valence-corrected chi connectivity index (χ2v) is 7.89. The van der Waals surface area contributed by atoms with Crippen LogP contribution in [0.2, 0.25) is 5.28 Å². The van der Waals surface area contributed by atoms with Crippen LogP contribution in [0.1, 0.15) is 34.6 Å². The van der Waals surface area contributed by atoms with Gasteiger partial charge in [0, 0.05) is 11.8 Å². The molecular formula is C10H19ClN3O3PS. The monoisotopic (exact) mass is 327 g/mol. The van der Waals surface area contributed by atoms with E-state index >= 15 is 0 Å². The van der Waals surface area contributed by atoms with E-state index in [1.54, 1.807) is 4.68 Å². The van der Waals surface area contributed by atoms with Gasteiger partial charge in [0.05, 0.1) is 18.8 Å². The van der Waals surface area contributed by atoms with Gasteiger partial charge in [0.2, 0.25) is 5.28 Å². The number of hydrogen-bond acceptors (Lipinski definition) is 6. The SMILES string of the molecule is CCOP(=S)(OCC)Oc1nc(Cl)n(C(C)(C)C)n1. The van der Waals surface area contributed by atoms with Crippen molar-refractivity contribution in [1.29, 1.82) is 0 Å². The van der Waals surface area contributed by atoms with Crippen LogP contribution in [0, 0.1) is 0 Å². The van der Waals surface area contributed by atoms with Crippen molar-refractivity contribution in [3.8, 4) is 6.01 Å². The van der Waals surface area contributed by atoms with Crippen LogP contribution >= 0.6 is 18.3 Å². The van der Waals surface area contributed by atoms with Gasteiger partial charge in [-0.05, 0) is 46.2 Å².